The number of thiocarbonyl (C=S) groups is 1. The molecule has 0 amide bonds. The maximum Gasteiger partial charge on any atom is 0.258 e. The molecule has 1 atom stereocenters. The minimum Gasteiger partial charge on any atom is -0.454 e. The van der Waals surface area contributed by atoms with Crippen LogP contribution in [-0.2, 0) is 0 Å². The van der Waals surface area contributed by atoms with E-state index in [0.717, 1.165) is 28.1 Å². The Morgan fingerprint density at radius 1 is 0.889 bits per heavy atom. The number of allylic oxidation sites excluding steroid dienone is 1. The van der Waals surface area contributed by atoms with Gasteiger partial charge in [-0.15, -0.1) is 0 Å². The molecule has 36 heavy (non-hydrogen) atoms. The maximum atomic E-state index is 5.86. The zero-order valence-electron chi connectivity index (χ0n) is 20.1. The van der Waals surface area contributed by atoms with Crippen molar-refractivity contribution in [1.29, 1.82) is 0 Å². The minimum atomic E-state index is -0.246. The van der Waals surface area contributed by atoms with Gasteiger partial charge in [0.2, 0.25) is 12.6 Å². The molecule has 1 N–H and O–H groups in total. The number of rotatable bonds is 4. The van der Waals surface area contributed by atoms with Gasteiger partial charge in [-0.3, -0.25) is 4.90 Å². The van der Waals surface area contributed by atoms with Crippen LogP contribution in [0.1, 0.15) is 35.5 Å². The van der Waals surface area contributed by atoms with Crippen LogP contribution in [0.3, 0.4) is 0 Å². The number of fused-ring (bicyclic) bond motifs is 1. The Bertz CT molecular complexity index is 1490. The third-order valence-corrected chi connectivity index (χ3v) is 6.78. The van der Waals surface area contributed by atoms with Gasteiger partial charge in [-0.2, -0.15) is 4.98 Å². The largest absolute Gasteiger partial charge is 0.454 e. The van der Waals surface area contributed by atoms with E-state index in [1.54, 1.807) is 0 Å². The number of nitrogens with zero attached hydrogens (tertiary/aromatic N) is 3. The molecule has 2 aliphatic rings. The second-order valence-electron chi connectivity index (χ2n) is 8.95. The third-order valence-electron chi connectivity index (χ3n) is 6.47. The van der Waals surface area contributed by atoms with Crippen molar-refractivity contribution in [3.05, 3.63) is 95.0 Å². The van der Waals surface area contributed by atoms with Crippen LogP contribution >= 0.6 is 12.2 Å². The van der Waals surface area contributed by atoms with Crippen molar-refractivity contribution >= 4 is 28.6 Å². The van der Waals surface area contributed by atoms with Gasteiger partial charge in [0.15, 0.2) is 16.6 Å². The molecule has 2 aliphatic heterocycles. The second kappa shape index (κ2) is 8.80. The van der Waals surface area contributed by atoms with E-state index < -0.39 is 0 Å². The number of anilines is 1. The number of benzene rings is 3. The van der Waals surface area contributed by atoms with E-state index in [1.807, 2.05) is 30.0 Å². The van der Waals surface area contributed by atoms with Crippen molar-refractivity contribution < 1.29 is 14.0 Å². The molecule has 0 aliphatic carbocycles. The van der Waals surface area contributed by atoms with E-state index in [4.69, 9.17) is 31.2 Å². The highest BCUT2D eigenvalue weighted by atomic mass is 32.1. The van der Waals surface area contributed by atoms with Gasteiger partial charge >= 0.3 is 0 Å². The number of hydrogen-bond acceptors (Lipinski definition) is 6. The molecule has 3 heterocycles. The number of aryl methyl sites for hydroxylation is 2. The van der Waals surface area contributed by atoms with E-state index in [2.05, 4.69) is 72.9 Å². The lowest BCUT2D eigenvalue weighted by atomic mass is 9.94. The molecule has 3 aromatic carbocycles. The summed E-state index contributed by atoms with van der Waals surface area (Å²) in [5.74, 6) is 2.28. The molecule has 180 valence electrons. The van der Waals surface area contributed by atoms with E-state index in [1.165, 1.54) is 11.1 Å². The van der Waals surface area contributed by atoms with Crippen molar-refractivity contribution in [2.24, 2.45) is 0 Å². The first-order valence-electron chi connectivity index (χ1n) is 11.7. The topological polar surface area (TPSA) is 72.6 Å². The first-order chi connectivity index (χ1) is 17.5. The van der Waals surface area contributed by atoms with E-state index in [9.17, 15) is 0 Å². The maximum absolute atomic E-state index is 5.86. The average molecular weight is 497 g/mol. The summed E-state index contributed by atoms with van der Waals surface area (Å²) in [5.41, 5.74) is 6.97. The number of aromatic nitrogens is 2. The predicted octanol–water partition coefficient (Wildman–Crippen LogP) is 5.95. The molecular weight excluding hydrogens is 472 g/mol. The fraction of sp³-hybridized carbons (Fsp3) is 0.179. The van der Waals surface area contributed by atoms with E-state index in [-0.39, 0.29) is 12.8 Å². The Labute approximate surface area is 214 Å². The summed E-state index contributed by atoms with van der Waals surface area (Å²) in [4.78, 5) is 6.81. The number of hydrogen-bond donors (Lipinski definition) is 1. The molecule has 0 saturated carbocycles. The highest BCUT2D eigenvalue weighted by Crippen LogP contribution is 2.40. The first-order valence-corrected chi connectivity index (χ1v) is 12.1. The minimum absolute atomic E-state index is 0.209. The SMILES string of the molecule is CC1=C(c2nc(-c3ccc4c(c3)OCO4)no2)C(c2ccc(C)cc2)NC(=S)N1c1ccc(C)cc1. The van der Waals surface area contributed by atoms with Crippen LogP contribution in [0, 0.1) is 13.8 Å². The lowest BCUT2D eigenvalue weighted by Gasteiger charge is -2.37. The van der Waals surface area contributed by atoms with Gasteiger partial charge in [0.1, 0.15) is 0 Å². The Morgan fingerprint density at radius 2 is 1.58 bits per heavy atom. The molecule has 0 bridgehead atoms. The Balaban J connectivity index is 1.46. The molecule has 0 radical (unpaired) electrons. The predicted molar refractivity (Wildman–Crippen MR) is 142 cm³/mol. The van der Waals surface area contributed by atoms with Crippen LogP contribution in [-0.4, -0.2) is 22.0 Å². The molecule has 6 rings (SSSR count). The molecule has 4 aromatic rings. The van der Waals surface area contributed by atoms with Gasteiger partial charge in [-0.05, 0) is 68.9 Å². The molecule has 7 nitrogen and oxygen atoms in total. The molecule has 0 saturated heterocycles. The van der Waals surface area contributed by atoms with Crippen LogP contribution in [0.2, 0.25) is 0 Å². The molecular formula is C28H24N4O3S. The summed E-state index contributed by atoms with van der Waals surface area (Å²) >= 11 is 5.84. The summed E-state index contributed by atoms with van der Waals surface area (Å²) < 4.78 is 16.8. The highest BCUT2D eigenvalue weighted by molar-refractivity contribution is 7.80. The highest BCUT2D eigenvalue weighted by Gasteiger charge is 2.35. The van der Waals surface area contributed by atoms with Crippen LogP contribution in [0.4, 0.5) is 5.69 Å². The van der Waals surface area contributed by atoms with Crippen molar-refractivity contribution in [3.63, 3.8) is 0 Å². The lowest BCUT2D eigenvalue weighted by Crippen LogP contribution is -2.46. The Hall–Kier alpha value is -4.17. The smallest absolute Gasteiger partial charge is 0.258 e. The average Bonchev–Trinajstić information content (AvgIpc) is 3.55. The van der Waals surface area contributed by atoms with Gasteiger partial charge < -0.3 is 19.3 Å². The van der Waals surface area contributed by atoms with Gasteiger partial charge in [0.05, 0.1) is 11.6 Å². The van der Waals surface area contributed by atoms with Crippen molar-refractivity contribution in [2.45, 2.75) is 26.8 Å². The van der Waals surface area contributed by atoms with Crippen LogP contribution < -0.4 is 19.7 Å². The summed E-state index contributed by atoms with van der Waals surface area (Å²) in [7, 11) is 0. The zero-order valence-corrected chi connectivity index (χ0v) is 20.9. The summed E-state index contributed by atoms with van der Waals surface area (Å²) in [6, 6.07) is 22.0. The number of nitrogens with one attached hydrogen (secondary N) is 1. The molecule has 1 aromatic heterocycles. The molecule has 8 heteroatoms. The monoisotopic (exact) mass is 496 g/mol. The zero-order chi connectivity index (χ0) is 24.8. The molecule has 0 fully saturated rings. The van der Waals surface area contributed by atoms with Crippen LogP contribution in [0.15, 0.2) is 77.0 Å². The standard InChI is InChI=1S/C28H24N4O3S/c1-16-4-8-19(9-5-16)25-24(18(3)32(28(36)29-25)21-11-6-17(2)7-12-21)27-30-26(31-35-27)20-10-13-22-23(14-20)34-15-33-22/h4-14,25H,15H2,1-3H3,(H,29,36). The first kappa shape index (κ1) is 22.3. The quantitative estimate of drug-likeness (QED) is 0.348. The van der Waals surface area contributed by atoms with Crippen molar-refractivity contribution in [3.8, 4) is 22.9 Å². The fourth-order valence-electron chi connectivity index (χ4n) is 4.52. The molecule has 0 spiro atoms. The van der Waals surface area contributed by atoms with Crippen molar-refractivity contribution in [2.75, 3.05) is 11.7 Å². The van der Waals surface area contributed by atoms with Gasteiger partial charge in [-0.1, -0.05) is 52.7 Å². The van der Waals surface area contributed by atoms with Gasteiger partial charge in [0, 0.05) is 16.9 Å². The van der Waals surface area contributed by atoms with Gasteiger partial charge in [-0.25, -0.2) is 0 Å². The van der Waals surface area contributed by atoms with E-state index in [0.29, 0.717) is 28.3 Å². The van der Waals surface area contributed by atoms with Gasteiger partial charge in [0.25, 0.3) is 5.89 Å². The second-order valence-corrected chi connectivity index (χ2v) is 9.34. The normalized spacial score (nSPS) is 16.9. The third kappa shape index (κ3) is 3.89. The fourth-order valence-corrected chi connectivity index (χ4v) is 4.88. The summed E-state index contributed by atoms with van der Waals surface area (Å²) in [6.45, 7) is 6.38. The Kier molecular flexibility index (Phi) is 5.45. The molecule has 1 unspecified atom stereocenters. The van der Waals surface area contributed by atoms with Crippen LogP contribution in [0.25, 0.3) is 17.0 Å². The Morgan fingerprint density at radius 3 is 2.33 bits per heavy atom. The number of ether oxygens (including phenoxy) is 2. The lowest BCUT2D eigenvalue weighted by molar-refractivity contribution is 0.174. The summed E-state index contributed by atoms with van der Waals surface area (Å²) in [6.07, 6.45) is 0. The van der Waals surface area contributed by atoms with Crippen molar-refractivity contribution in [1.82, 2.24) is 15.5 Å². The van der Waals surface area contributed by atoms with Crippen LogP contribution in [0.5, 0.6) is 11.5 Å². The summed E-state index contributed by atoms with van der Waals surface area (Å²) in [5, 5.41) is 8.42. The van der Waals surface area contributed by atoms with E-state index >= 15 is 0 Å².